The summed E-state index contributed by atoms with van der Waals surface area (Å²) in [5.41, 5.74) is -0.675. The van der Waals surface area contributed by atoms with Crippen LogP contribution >= 0.6 is 0 Å². The fourth-order valence-electron chi connectivity index (χ4n) is 11.4. The van der Waals surface area contributed by atoms with Gasteiger partial charge in [-0.3, -0.25) is 43.2 Å². The molecule has 115 heavy (non-hydrogen) atoms. The third-order valence-electron chi connectivity index (χ3n) is 18.2. The summed E-state index contributed by atoms with van der Waals surface area (Å²) < 4.78 is 68.1. The van der Waals surface area contributed by atoms with Crippen LogP contribution in [0.1, 0.15) is 206 Å². The van der Waals surface area contributed by atoms with Crippen molar-refractivity contribution in [2.75, 3.05) is 211 Å². The van der Waals surface area contributed by atoms with Gasteiger partial charge in [-0.05, 0) is 57.8 Å². The van der Waals surface area contributed by atoms with Gasteiger partial charge in [0, 0.05) is 128 Å². The van der Waals surface area contributed by atoms with Crippen LogP contribution in [0.4, 0.5) is 0 Å². The first-order valence-electron chi connectivity index (χ1n) is 41.8. The molecule has 3 aliphatic rings. The van der Waals surface area contributed by atoms with Crippen molar-refractivity contribution in [3.63, 3.8) is 0 Å². The monoisotopic (exact) mass is 1650 g/mol. The molecule has 0 radical (unpaired) electrons. The topological polar surface area (TPSA) is 445 Å². The zero-order chi connectivity index (χ0) is 83.1. The zero-order valence-corrected chi connectivity index (χ0v) is 68.4. The summed E-state index contributed by atoms with van der Waals surface area (Å²) in [6.45, 7) is 11.6. The van der Waals surface area contributed by atoms with Gasteiger partial charge in [-0.15, -0.1) is 5.06 Å². The molecule has 0 bridgehead atoms. The molecule has 0 aromatic carbocycles. The highest BCUT2D eigenvalue weighted by Crippen LogP contribution is 2.25. The molecule has 1 unspecified atom stereocenters. The van der Waals surface area contributed by atoms with E-state index < -0.39 is 23.5 Å². The molecule has 7 N–H and O–H groups in total. The van der Waals surface area contributed by atoms with Crippen molar-refractivity contribution in [2.45, 2.75) is 212 Å². The quantitative estimate of drug-likeness (QED) is 0.0430. The molecule has 0 spiro atoms. The van der Waals surface area contributed by atoms with Crippen LogP contribution < -0.4 is 31.9 Å². The van der Waals surface area contributed by atoms with Crippen LogP contribution in [0.2, 0.25) is 0 Å². The van der Waals surface area contributed by atoms with Crippen LogP contribution in [-0.2, 0) is 129 Å². The Kier molecular flexibility index (Phi) is 62.4. The Morgan fingerprint density at radius 3 is 0.852 bits per heavy atom. The summed E-state index contributed by atoms with van der Waals surface area (Å²) in [6, 6.07) is 0. The number of hydrogen-bond acceptors (Lipinski definition) is 28. The first kappa shape index (κ1) is 102. The summed E-state index contributed by atoms with van der Waals surface area (Å²) in [4.78, 5) is 160. The van der Waals surface area contributed by atoms with Crippen LogP contribution in [0.3, 0.4) is 0 Å². The highest BCUT2D eigenvalue weighted by Gasteiger charge is 2.34. The summed E-state index contributed by atoms with van der Waals surface area (Å²) >= 11 is 0. The lowest BCUT2D eigenvalue weighted by molar-refractivity contribution is -0.220. The minimum Gasteiger partial charge on any atom is -0.380 e. The average molecular weight is 1650 g/mol. The van der Waals surface area contributed by atoms with E-state index in [-0.39, 0.29) is 229 Å². The number of aliphatic hydroxyl groups excluding tert-OH is 1. The van der Waals surface area contributed by atoms with E-state index in [1.807, 2.05) is 6.92 Å². The lowest BCUT2D eigenvalue weighted by Gasteiger charge is -2.32. The minimum atomic E-state index is -1.08. The largest absolute Gasteiger partial charge is 0.380 e. The number of ether oxygens (including phenoxy) is 12. The molecule has 1 atom stereocenters. The number of hydrogen-bond donors (Lipinski definition) is 7. The molecular weight excluding hydrogens is 1510 g/mol. The van der Waals surface area contributed by atoms with Crippen LogP contribution in [0.5, 0.6) is 0 Å². The van der Waals surface area contributed by atoms with Gasteiger partial charge in [0.1, 0.15) is 0 Å². The number of rotatable bonds is 79. The average Bonchev–Trinajstić information content (AvgIpc) is 1.82. The van der Waals surface area contributed by atoms with Crippen molar-refractivity contribution in [1.82, 2.24) is 47.1 Å². The summed E-state index contributed by atoms with van der Waals surface area (Å²) in [7, 11) is 0. The molecule has 0 aliphatic carbocycles. The van der Waals surface area contributed by atoms with Gasteiger partial charge in [-0.1, -0.05) is 64.7 Å². The second kappa shape index (κ2) is 70.2. The Bertz CT molecular complexity index is 2560. The van der Waals surface area contributed by atoms with E-state index in [1.165, 1.54) is 0 Å². The van der Waals surface area contributed by atoms with E-state index in [0.717, 1.165) is 92.2 Å². The third kappa shape index (κ3) is 57.8. The molecule has 0 aromatic heterocycles. The standard InChI is InChI=1S/C78H137N9O28/c1-2-78(62-110-44-30-68(91)82-36-47-104-53-59-107-56-50-101-41-27-65(88)79-33-15-9-3-6-12-22-75(98)113-85-39-18-20-71(85)94,63-111-45-31-69(92)83-37-48-105-54-60-108-57-51-102-42-28-66(89)80-34-16-10-4-7-13-23-76(99)114-86-40-19-21-72(86)95)64-112-46-32-70(93)84-38-49-106-55-61-109-58-52-103-43-29-67(90)81-35-17-11-5-8-14-24-77(100)115-87-73(96)25-26-74(87)97/h73,96H,2-64H2,1H3,(H,79,88)(H,80,89)(H,81,90)(H,82,91)(H,83,92)(H,84,93). The van der Waals surface area contributed by atoms with Crippen LogP contribution in [0.15, 0.2) is 0 Å². The van der Waals surface area contributed by atoms with Gasteiger partial charge >= 0.3 is 17.9 Å². The van der Waals surface area contributed by atoms with Gasteiger partial charge in [-0.25, -0.2) is 14.4 Å². The van der Waals surface area contributed by atoms with Crippen molar-refractivity contribution in [3.8, 4) is 0 Å². The van der Waals surface area contributed by atoms with Crippen LogP contribution in [0.25, 0.3) is 0 Å². The Labute approximate surface area is 678 Å². The predicted octanol–water partition coefficient (Wildman–Crippen LogP) is 3.20. The smallest absolute Gasteiger partial charge is 0.332 e. The third-order valence-corrected chi connectivity index (χ3v) is 18.2. The fourth-order valence-corrected chi connectivity index (χ4v) is 11.4. The van der Waals surface area contributed by atoms with E-state index in [0.29, 0.717) is 163 Å². The number of hydroxylamine groups is 6. The minimum absolute atomic E-state index is 0.0841. The second-order valence-electron chi connectivity index (χ2n) is 28.0. The van der Waals surface area contributed by atoms with E-state index >= 15 is 0 Å². The normalized spacial score (nSPS) is 14.2. The molecule has 0 aromatic rings. The van der Waals surface area contributed by atoms with E-state index in [9.17, 15) is 62.6 Å². The highest BCUT2D eigenvalue weighted by molar-refractivity contribution is 5.82. The lowest BCUT2D eigenvalue weighted by Crippen LogP contribution is -2.38. The number of aliphatic hydroxyl groups is 1. The molecule has 37 nitrogen and oxygen atoms in total. The highest BCUT2D eigenvalue weighted by atomic mass is 16.7. The van der Waals surface area contributed by atoms with Gasteiger partial charge in [0.15, 0.2) is 6.23 Å². The molecule has 3 rings (SSSR count). The Hall–Kier alpha value is -6.88. The lowest BCUT2D eigenvalue weighted by atomic mass is 9.88. The molecule has 3 aliphatic heterocycles. The van der Waals surface area contributed by atoms with E-state index in [2.05, 4.69) is 31.9 Å². The number of amides is 9. The maximum atomic E-state index is 12.7. The first-order chi connectivity index (χ1) is 56.0. The molecule has 3 heterocycles. The number of carbonyl (C=O) groups excluding carboxylic acids is 12. The number of unbranched alkanes of at least 4 members (excludes halogenated alkanes) is 12. The van der Waals surface area contributed by atoms with Gasteiger partial charge in [0.2, 0.25) is 35.4 Å². The second-order valence-corrected chi connectivity index (χ2v) is 28.0. The maximum absolute atomic E-state index is 12.7. The van der Waals surface area contributed by atoms with Gasteiger partial charge in [0.25, 0.3) is 17.7 Å². The Morgan fingerprint density at radius 1 is 0.313 bits per heavy atom. The Morgan fingerprint density at radius 2 is 0.574 bits per heavy atom. The fraction of sp³-hybridized carbons (Fsp3) is 0.846. The van der Waals surface area contributed by atoms with E-state index in [4.69, 9.17) is 71.4 Å². The molecule has 9 amide bonds. The number of carbonyl (C=O) groups is 12. The van der Waals surface area contributed by atoms with Crippen molar-refractivity contribution in [3.05, 3.63) is 0 Å². The molecule has 3 fully saturated rings. The maximum Gasteiger partial charge on any atom is 0.332 e. The zero-order valence-electron chi connectivity index (χ0n) is 68.4. The van der Waals surface area contributed by atoms with Gasteiger partial charge in [-0.2, -0.15) is 10.1 Å². The van der Waals surface area contributed by atoms with Crippen molar-refractivity contribution in [1.29, 1.82) is 0 Å². The molecule has 0 saturated carbocycles. The predicted molar refractivity (Wildman–Crippen MR) is 414 cm³/mol. The van der Waals surface area contributed by atoms with Crippen molar-refractivity contribution >= 4 is 71.1 Å². The van der Waals surface area contributed by atoms with Crippen LogP contribution in [0, 0.1) is 5.41 Å². The SMILES string of the molecule is CCC(COCCC(=O)NCCOCCOCCOCCC(=O)NCCCCCCCC(=O)ON1CCCC1=O)(COCCC(=O)NCCOCCOCCOCCC(=O)NCCCCCCCC(=O)ON1CCCC1=O)COCCC(=O)NCCOCCOCCOCCC(=O)NCCCCCCCC(=O)ON1C(=O)CCC1O. The van der Waals surface area contributed by atoms with Crippen molar-refractivity contribution in [2.24, 2.45) is 5.41 Å². The van der Waals surface area contributed by atoms with Crippen LogP contribution in [-0.4, -0.2) is 309 Å². The number of nitrogens with zero attached hydrogens (tertiary/aromatic N) is 3. The summed E-state index contributed by atoms with van der Waals surface area (Å²) in [5, 5.41) is 29.9. The van der Waals surface area contributed by atoms with Gasteiger partial charge < -0.3 is 108 Å². The molecular formula is C78H137N9O28. The van der Waals surface area contributed by atoms with E-state index in [1.54, 1.807) is 0 Å². The number of nitrogens with one attached hydrogen (secondary N) is 6. The summed E-state index contributed by atoms with van der Waals surface area (Å²) in [5.74, 6) is -2.97. The molecule has 37 heteroatoms. The molecule has 3 saturated heterocycles. The first-order valence-corrected chi connectivity index (χ1v) is 41.8. The van der Waals surface area contributed by atoms with Gasteiger partial charge in [0.05, 0.1) is 172 Å². The Balaban J connectivity index is 1.20. The molecule has 662 valence electrons. The van der Waals surface area contributed by atoms with Crippen molar-refractivity contribution < 1.29 is 134 Å². The summed E-state index contributed by atoms with van der Waals surface area (Å²) in [6.07, 6.45) is 16.2.